The first-order chi connectivity index (χ1) is 21.6. The largest absolute Gasteiger partial charge is 0.497 e. The fourth-order valence-electron chi connectivity index (χ4n) is 6.70. The Balaban J connectivity index is 1.52. The van der Waals surface area contributed by atoms with Crippen LogP contribution in [0.15, 0.2) is 60.2 Å². The zero-order chi connectivity index (χ0) is 33.6. The summed E-state index contributed by atoms with van der Waals surface area (Å²) in [6.45, 7) is 10.1. The normalized spacial score (nSPS) is 19.7. The molecule has 0 unspecified atom stereocenters. The number of esters is 1. The molecule has 1 aliphatic heterocycles. The van der Waals surface area contributed by atoms with E-state index in [-0.39, 0.29) is 5.41 Å². The molecule has 3 aromatic rings. The summed E-state index contributed by atoms with van der Waals surface area (Å²) >= 11 is 0. The number of rotatable bonds is 7. The van der Waals surface area contributed by atoms with Gasteiger partial charge in [-0.3, -0.25) is 4.90 Å². The highest BCUT2D eigenvalue weighted by atomic mass is 19.4. The molecule has 1 amide bonds. The summed E-state index contributed by atoms with van der Waals surface area (Å²) in [6, 6.07) is 14.9. The van der Waals surface area contributed by atoms with Crippen molar-refractivity contribution in [2.24, 2.45) is 5.41 Å². The standard InChI is InChI=1S/C37H40F3NO5/c1-21-12-27(16-29(13-21)37(38,39)40)33-23(3)41(35(43)46-33)20-28-19-36(4,5)11-10-32(28)26-15-25(17-30(18-26)44-6)31-9-8-24(14-22(31)2)34(42)45-7/h8-9,12-18,23,33H,10-11,19-20H2,1-7H3/t23-,33-/m0/s1. The quantitative estimate of drug-likeness (QED) is 0.242. The van der Waals surface area contributed by atoms with Gasteiger partial charge in [-0.25, -0.2) is 9.59 Å². The Morgan fingerprint density at radius 2 is 1.74 bits per heavy atom. The number of hydrogen-bond donors (Lipinski definition) is 0. The van der Waals surface area contributed by atoms with Crippen LogP contribution in [0.5, 0.6) is 5.75 Å². The van der Waals surface area contributed by atoms with Gasteiger partial charge in [0.25, 0.3) is 0 Å². The number of alkyl halides is 3. The van der Waals surface area contributed by atoms with Crippen LogP contribution in [0.1, 0.15) is 84.3 Å². The van der Waals surface area contributed by atoms with Gasteiger partial charge in [0.15, 0.2) is 0 Å². The SMILES string of the molecule is COC(=O)c1ccc(-c2cc(OC)cc(C3=C(CN4C(=O)O[C@H](c5cc(C)cc(C(F)(F)F)c5)[C@@H]4C)CC(C)(C)CC3)c2)c(C)c1. The molecule has 0 aromatic heterocycles. The predicted octanol–water partition coefficient (Wildman–Crippen LogP) is 9.33. The molecule has 6 nitrogen and oxygen atoms in total. The lowest BCUT2D eigenvalue weighted by Crippen LogP contribution is -2.35. The van der Waals surface area contributed by atoms with Crippen LogP contribution in [0.2, 0.25) is 0 Å². The first-order valence-corrected chi connectivity index (χ1v) is 15.4. The van der Waals surface area contributed by atoms with E-state index in [9.17, 15) is 22.8 Å². The molecular weight excluding hydrogens is 595 g/mol. The number of cyclic esters (lactones) is 1. The molecule has 0 bridgehead atoms. The van der Waals surface area contributed by atoms with Crippen LogP contribution in [0.4, 0.5) is 18.0 Å². The van der Waals surface area contributed by atoms with Crippen molar-refractivity contribution < 1.29 is 37.0 Å². The number of aryl methyl sites for hydroxylation is 2. The van der Waals surface area contributed by atoms with E-state index in [1.54, 1.807) is 37.1 Å². The van der Waals surface area contributed by atoms with Crippen LogP contribution in [0.3, 0.4) is 0 Å². The first kappa shape index (κ1) is 33.1. The van der Waals surface area contributed by atoms with E-state index < -0.39 is 35.9 Å². The minimum Gasteiger partial charge on any atom is -0.497 e. The third-order valence-corrected chi connectivity index (χ3v) is 9.13. The molecule has 9 heteroatoms. The molecule has 0 N–H and O–H groups in total. The molecule has 46 heavy (non-hydrogen) atoms. The highest BCUT2D eigenvalue weighted by Crippen LogP contribution is 2.45. The van der Waals surface area contributed by atoms with E-state index in [1.807, 2.05) is 32.0 Å². The van der Waals surface area contributed by atoms with E-state index in [0.29, 0.717) is 29.0 Å². The maximum atomic E-state index is 13.6. The second-order valence-electron chi connectivity index (χ2n) is 13.2. The molecule has 5 rings (SSSR count). The number of nitrogens with zero attached hydrogens (tertiary/aromatic N) is 1. The number of hydrogen-bond acceptors (Lipinski definition) is 5. The average molecular weight is 636 g/mol. The van der Waals surface area contributed by atoms with E-state index in [0.717, 1.165) is 64.8 Å². The molecule has 2 atom stereocenters. The average Bonchev–Trinajstić information content (AvgIpc) is 3.27. The third-order valence-electron chi connectivity index (χ3n) is 9.13. The van der Waals surface area contributed by atoms with Crippen molar-refractivity contribution >= 4 is 17.6 Å². The van der Waals surface area contributed by atoms with Crippen molar-refractivity contribution in [2.45, 2.75) is 72.2 Å². The molecule has 0 spiro atoms. The minimum absolute atomic E-state index is 0.00867. The fraction of sp³-hybridized carbons (Fsp3) is 0.405. The molecule has 2 aliphatic rings. The van der Waals surface area contributed by atoms with Crippen molar-refractivity contribution in [2.75, 3.05) is 20.8 Å². The van der Waals surface area contributed by atoms with Crippen molar-refractivity contribution in [3.8, 4) is 16.9 Å². The molecule has 1 heterocycles. The maximum Gasteiger partial charge on any atom is 0.416 e. The smallest absolute Gasteiger partial charge is 0.416 e. The van der Waals surface area contributed by atoms with Crippen LogP contribution in [-0.2, 0) is 15.7 Å². The lowest BCUT2D eigenvalue weighted by molar-refractivity contribution is -0.137. The minimum atomic E-state index is -4.50. The second kappa shape index (κ2) is 12.5. The summed E-state index contributed by atoms with van der Waals surface area (Å²) in [5.41, 5.74) is 6.44. The van der Waals surface area contributed by atoms with Crippen molar-refractivity contribution in [1.82, 2.24) is 4.90 Å². The zero-order valence-electron chi connectivity index (χ0n) is 27.3. The van der Waals surface area contributed by atoms with Crippen LogP contribution in [0, 0.1) is 19.3 Å². The molecular formula is C37H40F3NO5. The van der Waals surface area contributed by atoms with Crippen LogP contribution in [0.25, 0.3) is 16.7 Å². The summed E-state index contributed by atoms with van der Waals surface area (Å²) in [6.07, 6.45) is -3.41. The van der Waals surface area contributed by atoms with E-state index in [2.05, 4.69) is 19.9 Å². The van der Waals surface area contributed by atoms with Crippen LogP contribution >= 0.6 is 0 Å². The topological polar surface area (TPSA) is 65.1 Å². The summed E-state index contributed by atoms with van der Waals surface area (Å²) in [5.74, 6) is 0.273. The van der Waals surface area contributed by atoms with Gasteiger partial charge in [0.05, 0.1) is 31.4 Å². The van der Waals surface area contributed by atoms with Gasteiger partial charge in [0, 0.05) is 6.54 Å². The molecule has 1 fully saturated rings. The van der Waals surface area contributed by atoms with Gasteiger partial charge in [-0.2, -0.15) is 13.2 Å². The molecule has 1 aliphatic carbocycles. The number of halogens is 3. The van der Waals surface area contributed by atoms with Gasteiger partial charge in [-0.15, -0.1) is 0 Å². The van der Waals surface area contributed by atoms with Gasteiger partial charge >= 0.3 is 18.2 Å². The number of methoxy groups -OCH3 is 2. The molecule has 244 valence electrons. The lowest BCUT2D eigenvalue weighted by atomic mass is 9.72. The fourth-order valence-corrected chi connectivity index (χ4v) is 6.70. The molecule has 0 saturated carbocycles. The van der Waals surface area contributed by atoms with Gasteiger partial charge in [-0.05, 0) is 127 Å². The Morgan fingerprint density at radius 3 is 2.39 bits per heavy atom. The van der Waals surface area contributed by atoms with E-state index >= 15 is 0 Å². The number of amides is 1. The first-order valence-electron chi connectivity index (χ1n) is 15.4. The highest BCUT2D eigenvalue weighted by molar-refractivity contribution is 5.91. The van der Waals surface area contributed by atoms with Crippen LogP contribution < -0.4 is 4.74 Å². The Kier molecular flexibility index (Phi) is 8.99. The van der Waals surface area contributed by atoms with E-state index in [1.165, 1.54) is 7.11 Å². The second-order valence-corrected chi connectivity index (χ2v) is 13.2. The number of allylic oxidation sites excluding steroid dienone is 1. The maximum absolute atomic E-state index is 13.6. The number of carbonyl (C=O) groups excluding carboxylic acids is 2. The number of ether oxygens (including phenoxy) is 3. The molecule has 3 aromatic carbocycles. The summed E-state index contributed by atoms with van der Waals surface area (Å²) in [7, 11) is 2.97. The van der Waals surface area contributed by atoms with Gasteiger partial charge in [-0.1, -0.05) is 31.5 Å². The predicted molar refractivity (Wildman–Crippen MR) is 171 cm³/mol. The highest BCUT2D eigenvalue weighted by Gasteiger charge is 2.42. The third kappa shape index (κ3) is 6.78. The molecule has 0 radical (unpaired) electrons. The Labute approximate surface area is 268 Å². The van der Waals surface area contributed by atoms with Crippen molar-refractivity contribution in [1.29, 1.82) is 0 Å². The summed E-state index contributed by atoms with van der Waals surface area (Å²) in [5, 5.41) is 0. The Bertz CT molecular complexity index is 1710. The van der Waals surface area contributed by atoms with E-state index in [4.69, 9.17) is 14.2 Å². The van der Waals surface area contributed by atoms with Crippen molar-refractivity contribution in [3.63, 3.8) is 0 Å². The van der Waals surface area contributed by atoms with Crippen molar-refractivity contribution in [3.05, 3.63) is 93.6 Å². The van der Waals surface area contributed by atoms with Crippen LogP contribution in [-0.4, -0.2) is 43.8 Å². The Hall–Kier alpha value is -4.27. The lowest BCUT2D eigenvalue weighted by Gasteiger charge is -2.35. The summed E-state index contributed by atoms with van der Waals surface area (Å²) in [4.78, 5) is 27.0. The zero-order valence-corrected chi connectivity index (χ0v) is 27.3. The van der Waals surface area contributed by atoms with Gasteiger partial charge < -0.3 is 14.2 Å². The number of carbonyl (C=O) groups is 2. The summed E-state index contributed by atoms with van der Waals surface area (Å²) < 4.78 is 57.1. The monoisotopic (exact) mass is 635 g/mol. The Morgan fingerprint density at radius 1 is 1.02 bits per heavy atom. The molecule has 1 saturated heterocycles. The van der Waals surface area contributed by atoms with Gasteiger partial charge in [0.2, 0.25) is 0 Å². The van der Waals surface area contributed by atoms with Gasteiger partial charge in [0.1, 0.15) is 11.9 Å². The number of benzene rings is 3.